The average Bonchev–Trinajstić information content (AvgIpc) is 3.67. The minimum atomic E-state index is -1.90. The zero-order valence-electron chi connectivity index (χ0n) is 24.7. The van der Waals surface area contributed by atoms with Gasteiger partial charge in [0, 0.05) is 18.5 Å². The van der Waals surface area contributed by atoms with Gasteiger partial charge in [0.1, 0.15) is 35.4 Å². The maximum absolute atomic E-state index is 12.7. The molecule has 5 unspecified atom stereocenters. The van der Waals surface area contributed by atoms with E-state index in [1.165, 1.54) is 13.8 Å². The van der Waals surface area contributed by atoms with Crippen LogP contribution in [0.1, 0.15) is 54.8 Å². The number of imidazole rings is 1. The number of nitrogens with zero attached hydrogens (tertiary/aromatic N) is 5. The van der Waals surface area contributed by atoms with E-state index < -0.39 is 48.2 Å². The molecule has 1 fully saturated rings. The molecule has 45 heavy (non-hydrogen) atoms. The van der Waals surface area contributed by atoms with Crippen LogP contribution in [-0.2, 0) is 32.8 Å². The normalized spacial score (nSPS) is 22.0. The van der Waals surface area contributed by atoms with Crippen LogP contribution in [0.5, 0.6) is 0 Å². The van der Waals surface area contributed by atoms with Crippen molar-refractivity contribution in [3.8, 4) is 22.5 Å². The Labute approximate surface area is 257 Å². The maximum Gasteiger partial charge on any atom is 0.354 e. The van der Waals surface area contributed by atoms with E-state index in [1.54, 1.807) is 4.57 Å². The number of H-pyrrole nitrogens is 1. The molecule has 15 heteroatoms. The van der Waals surface area contributed by atoms with Crippen LogP contribution < -0.4 is 0 Å². The van der Waals surface area contributed by atoms with Gasteiger partial charge in [0.2, 0.25) is 5.82 Å². The molecule has 0 aliphatic carbocycles. The molecule has 1 aliphatic rings. The first-order valence-electron chi connectivity index (χ1n) is 14.3. The molecule has 5 atom stereocenters. The monoisotopic (exact) mass is 622 g/mol. The second kappa shape index (κ2) is 12.8. The standard InChI is InChI=1S/C30H34N6O9/c1-4-7-19-31-25(30(2,3)45-29-23(39)21(37)22(38)24(44-29)28(42)43)20(27(40)41)36(19)14-15-10-12-16(13-11-15)17-8-5-6-9-18(17)26-32-34-35-33-26/h5-6,8-13,21-24,29,37-39H,4,7,14H2,1-3H3,(H,40,41)(H,42,43)(H,32,33,34,35). The van der Waals surface area contributed by atoms with Crippen LogP contribution in [0, 0.1) is 0 Å². The predicted molar refractivity (Wildman–Crippen MR) is 156 cm³/mol. The van der Waals surface area contributed by atoms with Gasteiger partial charge in [0.05, 0.1) is 0 Å². The number of aromatic carboxylic acids is 1. The van der Waals surface area contributed by atoms with Crippen LogP contribution in [0.2, 0.25) is 0 Å². The van der Waals surface area contributed by atoms with Crippen molar-refractivity contribution in [2.45, 2.75) is 76.5 Å². The number of aryl methyl sites for hydroxylation is 1. The number of rotatable bonds is 11. The zero-order chi connectivity index (χ0) is 32.5. The number of aromatic amines is 1. The molecule has 2 aromatic carbocycles. The number of nitrogens with one attached hydrogen (secondary N) is 1. The zero-order valence-corrected chi connectivity index (χ0v) is 24.7. The quantitative estimate of drug-likeness (QED) is 0.140. The number of aliphatic hydroxyl groups is 3. The van der Waals surface area contributed by atoms with E-state index >= 15 is 0 Å². The summed E-state index contributed by atoms with van der Waals surface area (Å²) >= 11 is 0. The van der Waals surface area contributed by atoms with E-state index in [4.69, 9.17) is 9.47 Å². The number of ether oxygens (including phenoxy) is 2. The average molecular weight is 623 g/mol. The molecule has 4 aromatic rings. The van der Waals surface area contributed by atoms with Crippen LogP contribution in [-0.4, -0.2) is 98.4 Å². The van der Waals surface area contributed by atoms with Gasteiger partial charge in [0.15, 0.2) is 18.1 Å². The number of hydrogen-bond donors (Lipinski definition) is 6. The number of aromatic nitrogens is 6. The molecule has 0 spiro atoms. The van der Waals surface area contributed by atoms with Gasteiger partial charge in [-0.1, -0.05) is 55.5 Å². The highest BCUT2D eigenvalue weighted by Gasteiger charge is 2.50. The Morgan fingerprint density at radius 3 is 2.29 bits per heavy atom. The first kappa shape index (κ1) is 31.9. The van der Waals surface area contributed by atoms with Crippen molar-refractivity contribution >= 4 is 11.9 Å². The number of carboxylic acids is 2. The third kappa shape index (κ3) is 6.34. The molecule has 0 bridgehead atoms. The van der Waals surface area contributed by atoms with E-state index in [9.17, 15) is 35.1 Å². The summed E-state index contributed by atoms with van der Waals surface area (Å²) in [6.45, 7) is 5.10. The molecule has 1 aliphatic heterocycles. The molecule has 5 rings (SSSR count). The first-order chi connectivity index (χ1) is 21.4. The number of tetrazole rings is 1. The van der Waals surface area contributed by atoms with E-state index in [1.807, 2.05) is 55.5 Å². The van der Waals surface area contributed by atoms with Gasteiger partial charge in [0.25, 0.3) is 0 Å². The number of aliphatic carboxylic acids is 1. The second-order valence-corrected chi connectivity index (χ2v) is 11.2. The number of aliphatic hydroxyl groups excluding tert-OH is 3. The van der Waals surface area contributed by atoms with Gasteiger partial charge in [-0.25, -0.2) is 14.6 Å². The third-order valence-electron chi connectivity index (χ3n) is 7.64. The van der Waals surface area contributed by atoms with Crippen LogP contribution in [0.4, 0.5) is 0 Å². The minimum Gasteiger partial charge on any atom is -0.479 e. The fourth-order valence-corrected chi connectivity index (χ4v) is 5.39. The number of carbonyl (C=O) groups is 2. The molecule has 238 valence electrons. The van der Waals surface area contributed by atoms with Crippen molar-refractivity contribution in [2.75, 3.05) is 0 Å². The highest BCUT2D eigenvalue weighted by molar-refractivity contribution is 5.87. The fraction of sp³-hybridized carbons (Fsp3) is 0.400. The molecule has 3 heterocycles. The maximum atomic E-state index is 12.7. The summed E-state index contributed by atoms with van der Waals surface area (Å²) in [7, 11) is 0. The van der Waals surface area contributed by atoms with Crippen molar-refractivity contribution in [1.82, 2.24) is 30.2 Å². The van der Waals surface area contributed by atoms with Crippen molar-refractivity contribution in [3.05, 3.63) is 71.3 Å². The summed E-state index contributed by atoms with van der Waals surface area (Å²) in [6, 6.07) is 15.2. The van der Waals surface area contributed by atoms with Crippen molar-refractivity contribution in [1.29, 1.82) is 0 Å². The molecule has 15 nitrogen and oxygen atoms in total. The lowest BCUT2D eigenvalue weighted by atomic mass is 9.97. The fourth-order valence-electron chi connectivity index (χ4n) is 5.39. The minimum absolute atomic E-state index is 0.0207. The van der Waals surface area contributed by atoms with Crippen molar-refractivity contribution in [2.24, 2.45) is 0 Å². The van der Waals surface area contributed by atoms with E-state index in [-0.39, 0.29) is 17.9 Å². The summed E-state index contributed by atoms with van der Waals surface area (Å²) in [6.07, 6.45) is -8.07. The number of hydrogen-bond acceptors (Lipinski definition) is 11. The number of carboxylic acid groups (broad SMARTS) is 2. The Morgan fingerprint density at radius 1 is 1.00 bits per heavy atom. The summed E-state index contributed by atoms with van der Waals surface area (Å²) in [5.41, 5.74) is 1.70. The lowest BCUT2D eigenvalue weighted by Crippen LogP contribution is -2.61. The Hall–Kier alpha value is -4.54. The summed E-state index contributed by atoms with van der Waals surface area (Å²) in [5, 5.41) is 64.8. The number of benzene rings is 2. The van der Waals surface area contributed by atoms with Gasteiger partial charge in [-0.15, -0.1) is 10.2 Å². The summed E-state index contributed by atoms with van der Waals surface area (Å²) in [4.78, 5) is 28.9. The SMILES string of the molecule is CCCc1nc(C(C)(C)OC2OC(C(=O)O)C(O)C(O)C2O)c(C(=O)O)n1Cc1ccc(-c2ccccc2-c2nn[nH]n2)cc1. The van der Waals surface area contributed by atoms with Crippen molar-refractivity contribution in [3.63, 3.8) is 0 Å². The second-order valence-electron chi connectivity index (χ2n) is 11.2. The molecule has 6 N–H and O–H groups in total. The van der Waals surface area contributed by atoms with Gasteiger partial charge in [-0.2, -0.15) is 5.21 Å². The van der Waals surface area contributed by atoms with E-state index in [0.29, 0.717) is 24.5 Å². The molecule has 0 saturated carbocycles. The Balaban J connectivity index is 1.46. The highest BCUT2D eigenvalue weighted by atomic mass is 16.7. The molecule has 2 aromatic heterocycles. The molecular formula is C30H34N6O9. The smallest absolute Gasteiger partial charge is 0.354 e. The molecule has 1 saturated heterocycles. The van der Waals surface area contributed by atoms with Gasteiger partial charge in [-0.3, -0.25) is 0 Å². The van der Waals surface area contributed by atoms with Crippen LogP contribution in [0.3, 0.4) is 0 Å². The van der Waals surface area contributed by atoms with Crippen LogP contribution in [0.25, 0.3) is 22.5 Å². The van der Waals surface area contributed by atoms with Gasteiger partial charge in [-0.05, 0) is 42.2 Å². The summed E-state index contributed by atoms with van der Waals surface area (Å²) < 4.78 is 12.8. The lowest BCUT2D eigenvalue weighted by Gasteiger charge is -2.41. The molecular weight excluding hydrogens is 588 g/mol. The van der Waals surface area contributed by atoms with Crippen LogP contribution in [0.15, 0.2) is 48.5 Å². The Morgan fingerprint density at radius 2 is 1.69 bits per heavy atom. The van der Waals surface area contributed by atoms with Crippen LogP contribution >= 0.6 is 0 Å². The Bertz CT molecular complexity index is 1650. The predicted octanol–water partition coefficient (Wildman–Crippen LogP) is 1.57. The molecule has 0 radical (unpaired) electrons. The van der Waals surface area contributed by atoms with Gasteiger partial charge >= 0.3 is 11.9 Å². The van der Waals surface area contributed by atoms with E-state index in [0.717, 1.165) is 22.3 Å². The van der Waals surface area contributed by atoms with Crippen molar-refractivity contribution < 1.29 is 44.6 Å². The topological polar surface area (TPSA) is 226 Å². The van der Waals surface area contributed by atoms with E-state index in [2.05, 4.69) is 25.6 Å². The van der Waals surface area contributed by atoms with Gasteiger partial charge < -0.3 is 39.6 Å². The summed E-state index contributed by atoms with van der Waals surface area (Å²) in [5.74, 6) is -1.90. The first-order valence-corrected chi connectivity index (χ1v) is 14.3. The highest BCUT2D eigenvalue weighted by Crippen LogP contribution is 2.35. The lowest BCUT2D eigenvalue weighted by molar-refractivity contribution is -0.318. The Kier molecular flexibility index (Phi) is 9.08. The largest absolute Gasteiger partial charge is 0.479 e. The third-order valence-corrected chi connectivity index (χ3v) is 7.64. The molecule has 0 amide bonds.